The van der Waals surface area contributed by atoms with Gasteiger partial charge >= 0.3 is 0 Å². The van der Waals surface area contributed by atoms with Gasteiger partial charge in [-0.25, -0.2) is 0 Å². The van der Waals surface area contributed by atoms with Crippen LogP contribution in [0, 0.1) is 17.8 Å². The van der Waals surface area contributed by atoms with Crippen molar-refractivity contribution < 1.29 is 15.0 Å². The molecule has 17 heavy (non-hydrogen) atoms. The van der Waals surface area contributed by atoms with E-state index in [0.29, 0.717) is 12.3 Å². The summed E-state index contributed by atoms with van der Waals surface area (Å²) in [5.41, 5.74) is 0. The van der Waals surface area contributed by atoms with Crippen LogP contribution in [0.3, 0.4) is 0 Å². The van der Waals surface area contributed by atoms with Gasteiger partial charge in [-0.05, 0) is 24.7 Å². The second kappa shape index (κ2) is 6.17. The molecule has 1 heterocycles. The number of rotatable bonds is 6. The first-order chi connectivity index (χ1) is 7.99. The number of carbonyl (C=O) groups excluding carboxylic acids is 1. The molecule has 0 saturated carbocycles. The molecule has 0 unspecified atom stereocenters. The maximum atomic E-state index is 11.7. The highest BCUT2D eigenvalue weighted by Crippen LogP contribution is 2.27. The highest BCUT2D eigenvalue weighted by Gasteiger charge is 2.41. The number of aliphatic hydroxyl groups excluding tert-OH is 2. The minimum absolute atomic E-state index is 0.160. The van der Waals surface area contributed by atoms with Gasteiger partial charge in [0.15, 0.2) is 0 Å². The molecule has 1 fully saturated rings. The molecule has 0 radical (unpaired) electrons. The van der Waals surface area contributed by atoms with Crippen molar-refractivity contribution in [1.29, 1.82) is 0 Å². The zero-order valence-electron chi connectivity index (χ0n) is 10.6. The lowest BCUT2D eigenvalue weighted by molar-refractivity contribution is -0.124. The average Bonchev–Trinajstić information content (AvgIpc) is 2.54. The van der Waals surface area contributed by atoms with Crippen molar-refractivity contribution in [3.63, 3.8) is 0 Å². The fourth-order valence-corrected chi connectivity index (χ4v) is 2.43. The Kier molecular flexibility index (Phi) is 5.15. The molecule has 4 nitrogen and oxygen atoms in total. The lowest BCUT2D eigenvalue weighted by atomic mass is 9.85. The summed E-state index contributed by atoms with van der Waals surface area (Å²) >= 11 is 0. The highest BCUT2D eigenvalue weighted by molar-refractivity contribution is 5.82. The largest absolute Gasteiger partial charge is 0.394 e. The predicted molar refractivity (Wildman–Crippen MR) is 66.3 cm³/mol. The van der Waals surface area contributed by atoms with E-state index in [2.05, 4.69) is 25.7 Å². The summed E-state index contributed by atoms with van der Waals surface area (Å²) in [6.07, 6.45) is 2.63. The molecule has 0 aromatic rings. The van der Waals surface area contributed by atoms with Crippen molar-refractivity contribution in [3.8, 4) is 0 Å². The number of aliphatic hydroxyl groups is 2. The molecule has 0 aromatic heterocycles. The van der Waals surface area contributed by atoms with E-state index >= 15 is 0 Å². The third kappa shape index (κ3) is 3.54. The van der Waals surface area contributed by atoms with Crippen molar-refractivity contribution in [3.05, 3.63) is 12.7 Å². The summed E-state index contributed by atoms with van der Waals surface area (Å²) in [6.45, 7) is 7.81. The zero-order chi connectivity index (χ0) is 13.0. The molecule has 98 valence electrons. The van der Waals surface area contributed by atoms with Gasteiger partial charge in [0.1, 0.15) is 0 Å². The second-order valence-electron chi connectivity index (χ2n) is 5.26. The summed E-state index contributed by atoms with van der Waals surface area (Å²) in [4.78, 5) is 11.7. The molecule has 1 aliphatic rings. The van der Waals surface area contributed by atoms with Crippen molar-refractivity contribution >= 4 is 5.91 Å². The Morgan fingerprint density at radius 3 is 2.59 bits per heavy atom. The molecule has 0 aromatic carbocycles. The van der Waals surface area contributed by atoms with Crippen LogP contribution < -0.4 is 5.32 Å². The van der Waals surface area contributed by atoms with Crippen LogP contribution in [0.4, 0.5) is 0 Å². The van der Waals surface area contributed by atoms with Gasteiger partial charge in [-0.3, -0.25) is 4.79 Å². The maximum Gasteiger partial charge on any atom is 0.226 e. The normalized spacial score (nSPS) is 30.4. The summed E-state index contributed by atoms with van der Waals surface area (Å²) in [5, 5.41) is 21.5. The van der Waals surface area contributed by atoms with E-state index in [9.17, 15) is 9.90 Å². The van der Waals surface area contributed by atoms with Crippen LogP contribution in [0.15, 0.2) is 12.7 Å². The van der Waals surface area contributed by atoms with Crippen LogP contribution in [0.2, 0.25) is 0 Å². The molecule has 4 atom stereocenters. The van der Waals surface area contributed by atoms with Gasteiger partial charge in [0.25, 0.3) is 0 Å². The molecule has 1 amide bonds. The van der Waals surface area contributed by atoms with Crippen molar-refractivity contribution in [2.45, 2.75) is 38.8 Å². The summed E-state index contributed by atoms with van der Waals surface area (Å²) in [5.74, 6) is 0.187. The lowest BCUT2D eigenvalue weighted by Gasteiger charge is -2.20. The number of allylic oxidation sites excluding steroid dienone is 1. The number of hydrogen-bond donors (Lipinski definition) is 3. The molecule has 0 bridgehead atoms. The molecule has 0 spiro atoms. The van der Waals surface area contributed by atoms with Gasteiger partial charge in [-0.1, -0.05) is 19.9 Å². The van der Waals surface area contributed by atoms with E-state index < -0.39 is 18.1 Å². The third-order valence-corrected chi connectivity index (χ3v) is 3.35. The van der Waals surface area contributed by atoms with Crippen molar-refractivity contribution in [1.82, 2.24) is 5.32 Å². The average molecular weight is 241 g/mol. The Bertz CT molecular complexity index is 278. The van der Waals surface area contributed by atoms with E-state index in [4.69, 9.17) is 5.11 Å². The van der Waals surface area contributed by atoms with Crippen LogP contribution in [0.5, 0.6) is 0 Å². The first-order valence-corrected chi connectivity index (χ1v) is 6.21. The molecular weight excluding hydrogens is 218 g/mol. The smallest absolute Gasteiger partial charge is 0.226 e. The fraction of sp³-hybridized carbons (Fsp3) is 0.769. The Hall–Kier alpha value is -0.870. The van der Waals surface area contributed by atoms with Gasteiger partial charge < -0.3 is 15.5 Å². The number of amides is 1. The van der Waals surface area contributed by atoms with Crippen LogP contribution >= 0.6 is 0 Å². The molecule has 1 rings (SSSR count). The van der Waals surface area contributed by atoms with Gasteiger partial charge in [-0.2, -0.15) is 0 Å². The molecule has 1 aliphatic heterocycles. The summed E-state index contributed by atoms with van der Waals surface area (Å²) < 4.78 is 0. The predicted octanol–water partition coefficient (Wildman–Crippen LogP) is 0.693. The van der Waals surface area contributed by atoms with E-state index in [1.54, 1.807) is 0 Å². The first-order valence-electron chi connectivity index (χ1n) is 6.21. The minimum atomic E-state index is -0.790. The van der Waals surface area contributed by atoms with Crippen LogP contribution in [-0.2, 0) is 4.79 Å². The number of nitrogens with one attached hydrogen (secondary N) is 1. The Morgan fingerprint density at radius 2 is 2.18 bits per heavy atom. The van der Waals surface area contributed by atoms with E-state index in [1.807, 2.05) is 6.08 Å². The zero-order valence-corrected chi connectivity index (χ0v) is 10.6. The fourth-order valence-electron chi connectivity index (χ4n) is 2.43. The van der Waals surface area contributed by atoms with Crippen LogP contribution in [0.1, 0.15) is 26.7 Å². The SMILES string of the molecule is C=C[C@@H](CC(C)C)C[C@H]1C(=O)N[C@H](CO)[C@@H]1O. The Balaban J connectivity index is 2.60. The van der Waals surface area contributed by atoms with E-state index in [-0.39, 0.29) is 18.4 Å². The number of carbonyl (C=O) groups is 1. The standard InChI is InChI=1S/C13H23NO3/c1-4-9(5-8(2)3)6-10-12(16)11(7-15)14-13(10)17/h4,8-12,15-16H,1,5-7H2,2-3H3,(H,14,17)/t9-,10+,11+,12+/m0/s1. The summed E-state index contributed by atoms with van der Waals surface area (Å²) in [6, 6.07) is -0.517. The maximum absolute atomic E-state index is 11.7. The quantitative estimate of drug-likeness (QED) is 0.599. The van der Waals surface area contributed by atoms with Crippen molar-refractivity contribution in [2.75, 3.05) is 6.61 Å². The van der Waals surface area contributed by atoms with Gasteiger partial charge in [-0.15, -0.1) is 6.58 Å². The lowest BCUT2D eigenvalue weighted by Crippen LogP contribution is -2.35. The van der Waals surface area contributed by atoms with Crippen LogP contribution in [-0.4, -0.2) is 34.9 Å². The van der Waals surface area contributed by atoms with Gasteiger partial charge in [0.2, 0.25) is 5.91 Å². The Morgan fingerprint density at radius 1 is 1.53 bits per heavy atom. The second-order valence-corrected chi connectivity index (χ2v) is 5.26. The molecule has 4 heteroatoms. The van der Waals surface area contributed by atoms with Crippen molar-refractivity contribution in [2.24, 2.45) is 17.8 Å². The van der Waals surface area contributed by atoms with E-state index in [0.717, 1.165) is 6.42 Å². The first kappa shape index (κ1) is 14.2. The Labute approximate surface area is 103 Å². The molecule has 0 aliphatic carbocycles. The molecular formula is C13H23NO3. The monoisotopic (exact) mass is 241 g/mol. The minimum Gasteiger partial charge on any atom is -0.394 e. The molecule has 3 N–H and O–H groups in total. The van der Waals surface area contributed by atoms with Crippen LogP contribution in [0.25, 0.3) is 0 Å². The van der Waals surface area contributed by atoms with E-state index in [1.165, 1.54) is 0 Å². The third-order valence-electron chi connectivity index (χ3n) is 3.35. The topological polar surface area (TPSA) is 69.6 Å². The number of hydrogen-bond acceptors (Lipinski definition) is 3. The van der Waals surface area contributed by atoms with Gasteiger partial charge in [0, 0.05) is 0 Å². The van der Waals surface area contributed by atoms with Gasteiger partial charge in [0.05, 0.1) is 24.7 Å². The molecule has 1 saturated heterocycles. The highest BCUT2D eigenvalue weighted by atomic mass is 16.3. The summed E-state index contributed by atoms with van der Waals surface area (Å²) in [7, 11) is 0.